The van der Waals surface area contributed by atoms with Gasteiger partial charge in [0.25, 0.3) is 5.95 Å². The van der Waals surface area contributed by atoms with E-state index in [4.69, 9.17) is 4.74 Å². The fraction of sp³-hybridized carbons (Fsp3) is 0.0476. The van der Waals surface area contributed by atoms with Gasteiger partial charge in [0.05, 0.1) is 6.21 Å². The van der Waals surface area contributed by atoms with Crippen molar-refractivity contribution in [3.8, 4) is 5.75 Å². The summed E-state index contributed by atoms with van der Waals surface area (Å²) in [7, 11) is 0. The lowest BCUT2D eigenvalue weighted by Gasteiger charge is -2.06. The zero-order chi connectivity index (χ0) is 19.0. The largest absolute Gasteiger partial charge is 0.489 e. The van der Waals surface area contributed by atoms with E-state index in [9.17, 15) is 0 Å². The first-order valence-corrected chi connectivity index (χ1v) is 8.78. The molecule has 0 spiro atoms. The number of ether oxygens (including phenoxy) is 1. The van der Waals surface area contributed by atoms with Crippen molar-refractivity contribution in [2.75, 3.05) is 5.32 Å². The summed E-state index contributed by atoms with van der Waals surface area (Å²) in [5, 5.41) is 18.9. The molecule has 4 rings (SSSR count). The molecule has 0 amide bonds. The number of tetrazole rings is 1. The number of hydrogen-bond donors (Lipinski definition) is 1. The van der Waals surface area contributed by atoms with Crippen molar-refractivity contribution >= 4 is 17.9 Å². The predicted molar refractivity (Wildman–Crippen MR) is 108 cm³/mol. The number of hydrogen-bond acceptors (Lipinski definition) is 6. The molecule has 1 aromatic heterocycles. The smallest absolute Gasteiger partial charge is 0.269 e. The van der Waals surface area contributed by atoms with Gasteiger partial charge in [-0.25, -0.2) is 0 Å². The van der Waals surface area contributed by atoms with E-state index >= 15 is 0 Å². The molecule has 0 unspecified atom stereocenters. The molecule has 0 radical (unpaired) electrons. The minimum atomic E-state index is 0.435. The number of aromatic nitrogens is 4. The Bertz CT molecular complexity index is 1030. The highest BCUT2D eigenvalue weighted by Gasteiger charge is 2.04. The summed E-state index contributed by atoms with van der Waals surface area (Å²) in [5.74, 6) is 1.24. The van der Waals surface area contributed by atoms with Gasteiger partial charge in [-0.1, -0.05) is 58.4 Å². The van der Waals surface area contributed by atoms with E-state index in [0.717, 1.165) is 22.6 Å². The third-order valence-corrected chi connectivity index (χ3v) is 3.93. The van der Waals surface area contributed by atoms with Crippen LogP contribution < -0.4 is 10.1 Å². The second-order valence-corrected chi connectivity index (χ2v) is 5.97. The van der Waals surface area contributed by atoms with E-state index in [0.29, 0.717) is 12.6 Å². The summed E-state index contributed by atoms with van der Waals surface area (Å²) in [6.07, 6.45) is 1.69. The minimum absolute atomic E-state index is 0.435. The van der Waals surface area contributed by atoms with Crippen LogP contribution in [-0.4, -0.2) is 26.5 Å². The van der Waals surface area contributed by atoms with E-state index in [1.807, 2.05) is 84.9 Å². The number of nitrogens with one attached hydrogen (secondary N) is 1. The van der Waals surface area contributed by atoms with Crippen molar-refractivity contribution in [2.24, 2.45) is 5.10 Å². The summed E-state index contributed by atoms with van der Waals surface area (Å²) in [6.45, 7) is 0.535. The van der Waals surface area contributed by atoms with Gasteiger partial charge in [0.1, 0.15) is 12.4 Å². The third-order valence-electron chi connectivity index (χ3n) is 3.93. The van der Waals surface area contributed by atoms with Crippen LogP contribution in [0.15, 0.2) is 90.0 Å². The van der Waals surface area contributed by atoms with Gasteiger partial charge in [0, 0.05) is 5.69 Å². The van der Waals surface area contributed by atoms with E-state index in [-0.39, 0.29) is 0 Å². The summed E-state index contributed by atoms with van der Waals surface area (Å²) < 4.78 is 5.79. The van der Waals surface area contributed by atoms with Gasteiger partial charge >= 0.3 is 0 Å². The highest BCUT2D eigenvalue weighted by molar-refractivity contribution is 5.79. The number of para-hydroxylation sites is 1. The van der Waals surface area contributed by atoms with Crippen LogP contribution in [0, 0.1) is 0 Å². The average molecular weight is 370 g/mol. The fourth-order valence-corrected chi connectivity index (χ4v) is 2.50. The Morgan fingerprint density at radius 1 is 0.893 bits per heavy atom. The summed E-state index contributed by atoms with van der Waals surface area (Å²) >= 11 is 0. The molecule has 0 aliphatic heterocycles. The second kappa shape index (κ2) is 8.59. The van der Waals surface area contributed by atoms with Crippen LogP contribution >= 0.6 is 0 Å². The van der Waals surface area contributed by atoms with Crippen LogP contribution in [0.5, 0.6) is 5.75 Å². The zero-order valence-electron chi connectivity index (χ0n) is 15.0. The normalized spacial score (nSPS) is 10.9. The van der Waals surface area contributed by atoms with Crippen molar-refractivity contribution in [3.05, 3.63) is 96.1 Å². The highest BCUT2D eigenvalue weighted by atomic mass is 16.5. The Balaban J connectivity index is 1.38. The van der Waals surface area contributed by atoms with E-state index in [1.165, 1.54) is 4.79 Å². The average Bonchev–Trinajstić information content (AvgIpc) is 3.20. The number of rotatable bonds is 7. The molecule has 138 valence electrons. The quantitative estimate of drug-likeness (QED) is 0.500. The van der Waals surface area contributed by atoms with Crippen LogP contribution in [0.25, 0.3) is 0 Å². The molecular weight excluding hydrogens is 352 g/mol. The molecule has 0 atom stereocenters. The maximum absolute atomic E-state index is 5.79. The van der Waals surface area contributed by atoms with E-state index in [1.54, 1.807) is 6.21 Å². The maximum Gasteiger partial charge on any atom is 0.269 e. The molecule has 0 bridgehead atoms. The molecule has 1 N–H and O–H groups in total. The lowest BCUT2D eigenvalue weighted by Crippen LogP contribution is -2.01. The molecule has 0 fully saturated rings. The van der Waals surface area contributed by atoms with Crippen LogP contribution in [0.2, 0.25) is 0 Å². The van der Waals surface area contributed by atoms with Crippen molar-refractivity contribution < 1.29 is 4.74 Å². The van der Waals surface area contributed by atoms with Crippen molar-refractivity contribution in [1.82, 2.24) is 20.3 Å². The molecular formula is C21H18N6O. The molecule has 7 heteroatoms. The lowest BCUT2D eigenvalue weighted by atomic mass is 10.2. The topological polar surface area (TPSA) is 77.2 Å². The van der Waals surface area contributed by atoms with Crippen LogP contribution in [-0.2, 0) is 6.61 Å². The Morgan fingerprint density at radius 2 is 1.61 bits per heavy atom. The predicted octanol–water partition coefficient (Wildman–Crippen LogP) is 3.88. The molecule has 4 aromatic rings. The summed E-state index contributed by atoms with van der Waals surface area (Å²) in [4.78, 5) is 1.34. The first kappa shape index (κ1) is 17.4. The molecule has 0 aliphatic carbocycles. The van der Waals surface area contributed by atoms with Crippen molar-refractivity contribution in [3.63, 3.8) is 0 Å². The molecule has 28 heavy (non-hydrogen) atoms. The zero-order valence-corrected chi connectivity index (χ0v) is 15.0. The van der Waals surface area contributed by atoms with Crippen LogP contribution in [0.1, 0.15) is 11.1 Å². The standard InChI is InChI=1S/C21H18N6O/c1-3-7-18(8-4-1)16-28-20-13-11-17(12-14-20)15-22-27-21(24-25-26-27)23-19-9-5-2-6-10-19/h1-15H,16H2,(H,23,24,26)/b22-15+. The van der Waals surface area contributed by atoms with Crippen LogP contribution in [0.3, 0.4) is 0 Å². The summed E-state index contributed by atoms with van der Waals surface area (Å²) in [5.41, 5.74) is 2.92. The Labute approximate surface area is 162 Å². The number of nitrogens with zero attached hydrogens (tertiary/aromatic N) is 5. The number of benzene rings is 3. The monoisotopic (exact) mass is 370 g/mol. The fourth-order valence-electron chi connectivity index (χ4n) is 2.50. The Kier molecular flexibility index (Phi) is 5.34. The van der Waals surface area contributed by atoms with Crippen molar-refractivity contribution in [2.45, 2.75) is 6.61 Å². The maximum atomic E-state index is 5.79. The molecule has 1 heterocycles. The van der Waals surface area contributed by atoms with Gasteiger partial charge < -0.3 is 10.1 Å². The molecule has 0 saturated carbocycles. The minimum Gasteiger partial charge on any atom is -0.489 e. The second-order valence-electron chi connectivity index (χ2n) is 5.97. The van der Waals surface area contributed by atoms with Gasteiger partial charge in [0.15, 0.2) is 0 Å². The number of anilines is 2. The third kappa shape index (κ3) is 4.59. The molecule has 3 aromatic carbocycles. The lowest BCUT2D eigenvalue weighted by molar-refractivity contribution is 0.306. The first-order valence-electron chi connectivity index (χ1n) is 8.78. The highest BCUT2D eigenvalue weighted by Crippen LogP contribution is 2.14. The molecule has 0 saturated heterocycles. The Morgan fingerprint density at radius 3 is 2.36 bits per heavy atom. The summed E-state index contributed by atoms with van der Waals surface area (Å²) in [6, 6.07) is 27.4. The Hall–Kier alpha value is -4.00. The van der Waals surface area contributed by atoms with Gasteiger partial charge in [0.2, 0.25) is 0 Å². The van der Waals surface area contributed by atoms with E-state index < -0.39 is 0 Å². The van der Waals surface area contributed by atoms with E-state index in [2.05, 4.69) is 25.9 Å². The van der Waals surface area contributed by atoms with Gasteiger partial charge in [-0.3, -0.25) is 0 Å². The SMILES string of the molecule is C(=N\n1nnnc1Nc1ccccc1)/c1ccc(OCc2ccccc2)cc1. The molecule has 0 aliphatic rings. The van der Waals surface area contributed by atoms with Gasteiger partial charge in [-0.05, 0) is 58.0 Å². The molecule has 7 nitrogen and oxygen atoms in total. The van der Waals surface area contributed by atoms with Gasteiger partial charge in [-0.15, -0.1) is 0 Å². The van der Waals surface area contributed by atoms with Crippen LogP contribution in [0.4, 0.5) is 11.6 Å². The first-order chi connectivity index (χ1) is 13.9. The van der Waals surface area contributed by atoms with Crippen molar-refractivity contribution in [1.29, 1.82) is 0 Å². The van der Waals surface area contributed by atoms with Gasteiger partial charge in [-0.2, -0.15) is 5.10 Å².